The molecule has 0 aliphatic heterocycles. The molecule has 132 valence electrons. The third-order valence-corrected chi connectivity index (χ3v) is 4.41. The topological polar surface area (TPSA) is 97.0 Å². The van der Waals surface area contributed by atoms with E-state index in [0.717, 1.165) is 11.4 Å². The number of nitrogens with one attached hydrogen (secondary N) is 1. The summed E-state index contributed by atoms with van der Waals surface area (Å²) in [7, 11) is -1.54. The van der Waals surface area contributed by atoms with Crippen molar-refractivity contribution in [1.29, 1.82) is 0 Å². The summed E-state index contributed by atoms with van der Waals surface area (Å²) in [5.74, 6) is 1.06. The summed E-state index contributed by atoms with van der Waals surface area (Å²) in [6, 6.07) is 7.31. The monoisotopic (exact) mass is 456 g/mol. The molecule has 9 heteroatoms. The first kappa shape index (κ1) is 21.9. The minimum Gasteiger partial charge on any atom is -0.497 e. The predicted molar refractivity (Wildman–Crippen MR) is 105 cm³/mol. The van der Waals surface area contributed by atoms with Crippen molar-refractivity contribution in [3.05, 3.63) is 24.3 Å². The van der Waals surface area contributed by atoms with E-state index in [1.807, 2.05) is 31.2 Å². The molecular weight excluding hydrogens is 431 g/mol. The molecule has 0 atom stereocenters. The van der Waals surface area contributed by atoms with Crippen molar-refractivity contribution in [2.75, 3.05) is 38.3 Å². The fourth-order valence-corrected chi connectivity index (χ4v) is 2.80. The van der Waals surface area contributed by atoms with E-state index in [1.54, 1.807) is 7.11 Å². The minimum atomic E-state index is -3.14. The zero-order valence-electron chi connectivity index (χ0n) is 13.7. The lowest BCUT2D eigenvalue weighted by molar-refractivity contribution is 0.415. The lowest BCUT2D eigenvalue weighted by Gasteiger charge is -2.16. The summed E-state index contributed by atoms with van der Waals surface area (Å²) >= 11 is 0. The van der Waals surface area contributed by atoms with Crippen LogP contribution in [0.15, 0.2) is 29.3 Å². The van der Waals surface area contributed by atoms with E-state index in [0.29, 0.717) is 32.0 Å². The van der Waals surface area contributed by atoms with Gasteiger partial charge in [-0.1, -0.05) is 6.92 Å². The van der Waals surface area contributed by atoms with Gasteiger partial charge >= 0.3 is 0 Å². The molecule has 1 rings (SSSR count). The number of methoxy groups -OCH3 is 1. The third kappa shape index (κ3) is 8.37. The summed E-state index contributed by atoms with van der Waals surface area (Å²) in [5.41, 5.74) is 6.60. The Bertz CT molecular complexity index is 591. The van der Waals surface area contributed by atoms with E-state index in [-0.39, 0.29) is 24.0 Å². The van der Waals surface area contributed by atoms with Gasteiger partial charge in [0.25, 0.3) is 0 Å². The number of sulfonamides is 1. The van der Waals surface area contributed by atoms with E-state index in [9.17, 15) is 8.42 Å². The molecule has 0 amide bonds. The molecule has 0 aliphatic rings. The van der Waals surface area contributed by atoms with Crippen LogP contribution in [0.25, 0.3) is 0 Å². The van der Waals surface area contributed by atoms with Gasteiger partial charge in [0.2, 0.25) is 10.0 Å². The van der Waals surface area contributed by atoms with Gasteiger partial charge in [-0.15, -0.1) is 24.0 Å². The normalized spacial score (nSPS) is 11.9. The van der Waals surface area contributed by atoms with E-state index < -0.39 is 10.0 Å². The molecule has 0 unspecified atom stereocenters. The highest BCUT2D eigenvalue weighted by atomic mass is 127. The van der Waals surface area contributed by atoms with Crippen LogP contribution < -0.4 is 15.8 Å². The van der Waals surface area contributed by atoms with Gasteiger partial charge in [-0.2, -0.15) is 0 Å². The Hall–Kier alpha value is -1.07. The van der Waals surface area contributed by atoms with Crippen molar-refractivity contribution in [1.82, 2.24) is 4.31 Å². The minimum absolute atomic E-state index is 0. The number of aliphatic imine (C=N–C) groups is 1. The molecule has 0 spiro atoms. The summed E-state index contributed by atoms with van der Waals surface area (Å²) < 4.78 is 29.3. The summed E-state index contributed by atoms with van der Waals surface area (Å²) in [4.78, 5) is 4.18. The molecule has 0 saturated heterocycles. The van der Waals surface area contributed by atoms with Gasteiger partial charge in [-0.3, -0.25) is 4.99 Å². The summed E-state index contributed by atoms with van der Waals surface area (Å²) in [5, 5.41) is 2.97. The van der Waals surface area contributed by atoms with Crippen molar-refractivity contribution < 1.29 is 13.2 Å². The van der Waals surface area contributed by atoms with Crippen LogP contribution in [0.4, 0.5) is 5.69 Å². The Labute approximate surface area is 155 Å². The van der Waals surface area contributed by atoms with E-state index in [2.05, 4.69) is 10.3 Å². The highest BCUT2D eigenvalue weighted by Crippen LogP contribution is 2.14. The first-order valence-corrected chi connectivity index (χ1v) is 8.87. The second kappa shape index (κ2) is 10.7. The third-order valence-electron chi connectivity index (χ3n) is 3.03. The Morgan fingerprint density at radius 2 is 1.96 bits per heavy atom. The van der Waals surface area contributed by atoms with E-state index >= 15 is 0 Å². The Kier molecular flexibility index (Phi) is 10.2. The fourth-order valence-electron chi connectivity index (χ4n) is 1.87. The Morgan fingerprint density at radius 1 is 1.35 bits per heavy atom. The van der Waals surface area contributed by atoms with Gasteiger partial charge in [-0.25, -0.2) is 12.7 Å². The van der Waals surface area contributed by atoms with Crippen molar-refractivity contribution in [2.45, 2.75) is 13.3 Å². The molecule has 1 aromatic rings. The van der Waals surface area contributed by atoms with Gasteiger partial charge in [0.1, 0.15) is 5.75 Å². The lowest BCUT2D eigenvalue weighted by Crippen LogP contribution is -2.31. The zero-order valence-corrected chi connectivity index (χ0v) is 16.8. The van der Waals surface area contributed by atoms with Crippen LogP contribution in [0, 0.1) is 0 Å². The molecule has 0 bridgehead atoms. The molecule has 3 N–H and O–H groups in total. The number of hydrogen-bond acceptors (Lipinski definition) is 4. The number of guanidine groups is 1. The standard InChI is InChI=1S/C14H24N4O3S.HI/c1-4-18(22(3,19)20)11-5-10-16-14(15)17-12-6-8-13(21-2)9-7-12;/h6-9H,4-5,10-11H2,1-3H3,(H3,15,16,17);1H. The van der Waals surface area contributed by atoms with Crippen molar-refractivity contribution in [3.63, 3.8) is 0 Å². The molecule has 0 radical (unpaired) electrons. The fraction of sp³-hybridized carbons (Fsp3) is 0.500. The number of ether oxygens (including phenoxy) is 1. The molecule has 0 aromatic heterocycles. The van der Waals surface area contributed by atoms with Crippen LogP contribution in [0.3, 0.4) is 0 Å². The van der Waals surface area contributed by atoms with Crippen LogP contribution in [-0.2, 0) is 10.0 Å². The number of rotatable bonds is 8. The molecular formula is C14H25IN4O3S. The number of benzene rings is 1. The highest BCUT2D eigenvalue weighted by molar-refractivity contribution is 14.0. The SMILES string of the molecule is CCN(CCCN=C(N)Nc1ccc(OC)cc1)S(C)(=O)=O.I. The van der Waals surface area contributed by atoms with Crippen molar-refractivity contribution in [3.8, 4) is 5.75 Å². The summed E-state index contributed by atoms with van der Waals surface area (Å²) in [6.07, 6.45) is 1.82. The molecule has 0 aliphatic carbocycles. The summed E-state index contributed by atoms with van der Waals surface area (Å²) in [6.45, 7) is 3.17. The molecule has 0 fully saturated rings. The molecule has 1 aromatic carbocycles. The van der Waals surface area contributed by atoms with Crippen LogP contribution in [0.1, 0.15) is 13.3 Å². The molecule has 0 heterocycles. The van der Waals surface area contributed by atoms with Crippen LogP contribution in [0.5, 0.6) is 5.75 Å². The number of anilines is 1. The molecule has 23 heavy (non-hydrogen) atoms. The van der Waals surface area contributed by atoms with Gasteiger partial charge in [0.15, 0.2) is 5.96 Å². The van der Waals surface area contributed by atoms with Crippen molar-refractivity contribution >= 4 is 45.6 Å². The van der Waals surface area contributed by atoms with E-state index in [1.165, 1.54) is 10.6 Å². The van der Waals surface area contributed by atoms with Gasteiger partial charge in [-0.05, 0) is 30.7 Å². The predicted octanol–water partition coefficient (Wildman–Crippen LogP) is 1.71. The largest absolute Gasteiger partial charge is 0.497 e. The average Bonchev–Trinajstić information content (AvgIpc) is 2.46. The molecule has 0 saturated carbocycles. The second-order valence-electron chi connectivity index (χ2n) is 4.73. The first-order valence-electron chi connectivity index (χ1n) is 7.03. The van der Waals surface area contributed by atoms with E-state index in [4.69, 9.17) is 10.5 Å². The maximum absolute atomic E-state index is 11.4. The quantitative estimate of drug-likeness (QED) is 0.269. The second-order valence-corrected chi connectivity index (χ2v) is 6.71. The highest BCUT2D eigenvalue weighted by Gasteiger charge is 2.12. The van der Waals surface area contributed by atoms with Gasteiger partial charge in [0, 0.05) is 25.3 Å². The van der Waals surface area contributed by atoms with Gasteiger partial charge in [0.05, 0.1) is 13.4 Å². The zero-order chi connectivity index (χ0) is 16.6. The van der Waals surface area contributed by atoms with Crippen molar-refractivity contribution in [2.24, 2.45) is 10.7 Å². The Morgan fingerprint density at radius 3 is 2.43 bits per heavy atom. The average molecular weight is 456 g/mol. The Balaban J connectivity index is 0.00000484. The number of halogens is 1. The number of nitrogens with zero attached hydrogens (tertiary/aromatic N) is 2. The van der Waals surface area contributed by atoms with Gasteiger partial charge < -0.3 is 15.8 Å². The number of hydrogen-bond donors (Lipinski definition) is 2. The number of nitrogens with two attached hydrogens (primary N) is 1. The maximum Gasteiger partial charge on any atom is 0.211 e. The maximum atomic E-state index is 11.4. The smallest absolute Gasteiger partial charge is 0.211 e. The van der Waals surface area contributed by atoms with Crippen LogP contribution >= 0.6 is 24.0 Å². The van der Waals surface area contributed by atoms with Crippen LogP contribution in [0.2, 0.25) is 0 Å². The lowest BCUT2D eigenvalue weighted by atomic mass is 10.3. The van der Waals surface area contributed by atoms with Crippen LogP contribution in [-0.4, -0.2) is 51.7 Å². The molecule has 7 nitrogen and oxygen atoms in total. The first-order chi connectivity index (χ1) is 10.4.